The van der Waals surface area contributed by atoms with Crippen LogP contribution in [0.25, 0.3) is 49.0 Å². The number of hydrogen-bond donors (Lipinski definition) is 0. The number of pyridine rings is 2. The Hall–Kier alpha value is -3.20. The minimum atomic E-state index is -0.170. The topological polar surface area (TPSA) is 8.29 Å². The molecule has 148 valence electrons. The average Bonchev–Trinajstić information content (AvgIpc) is 3.05. The molecule has 3 aromatic carbocycles. The van der Waals surface area contributed by atoms with E-state index < -0.39 is 0 Å². The second-order valence-electron chi connectivity index (χ2n) is 9.00. The zero-order valence-corrected chi connectivity index (χ0v) is 18.0. The molecule has 0 saturated heterocycles. The molecule has 3 heteroatoms. The van der Waals surface area contributed by atoms with Crippen LogP contribution in [0.1, 0.15) is 36.5 Å². The van der Waals surface area contributed by atoms with Crippen molar-refractivity contribution in [3.05, 3.63) is 71.2 Å². The Kier molecular flexibility index (Phi) is 3.35. The first kappa shape index (κ1) is 17.6. The van der Waals surface area contributed by atoms with Gasteiger partial charge < -0.3 is 4.40 Å². The summed E-state index contributed by atoms with van der Waals surface area (Å²) < 4.78 is 19.7. The van der Waals surface area contributed by atoms with E-state index in [9.17, 15) is 0 Å². The number of hydrogen-bond acceptors (Lipinski definition) is 0. The van der Waals surface area contributed by atoms with Crippen molar-refractivity contribution < 1.29 is 8.96 Å². The summed E-state index contributed by atoms with van der Waals surface area (Å²) in [6.45, 7) is 8.78. The van der Waals surface area contributed by atoms with Crippen LogP contribution < -0.4 is 4.57 Å². The molecular weight excluding hydrogens is 371 g/mol. The minimum absolute atomic E-state index is 0.170. The van der Waals surface area contributed by atoms with Crippen molar-refractivity contribution in [3.8, 4) is 0 Å². The van der Waals surface area contributed by atoms with Crippen molar-refractivity contribution in [2.75, 3.05) is 0 Å². The lowest BCUT2D eigenvalue weighted by atomic mass is 9.94. The fourth-order valence-corrected chi connectivity index (χ4v) is 5.26. The molecule has 0 unspecified atom stereocenters. The van der Waals surface area contributed by atoms with Gasteiger partial charge in [-0.1, -0.05) is 32.0 Å². The van der Waals surface area contributed by atoms with Gasteiger partial charge in [0.25, 0.3) is 0 Å². The van der Waals surface area contributed by atoms with E-state index in [1.54, 1.807) is 6.07 Å². The molecule has 6 rings (SSSR count). The van der Waals surface area contributed by atoms with E-state index >= 15 is 4.39 Å². The van der Waals surface area contributed by atoms with Crippen LogP contribution in [-0.4, -0.2) is 4.40 Å². The van der Waals surface area contributed by atoms with Gasteiger partial charge in [-0.25, -0.2) is 8.96 Å². The van der Waals surface area contributed by atoms with Crippen LogP contribution in [-0.2, 0) is 7.05 Å². The SMILES string of the molecule is Cc1cc2c3cccc(F)c3n3c4cc(C(C)C)cc5cc[n+](C)c(c(c1C)c23)c54. The quantitative estimate of drug-likeness (QED) is 0.166. The third-order valence-corrected chi connectivity index (χ3v) is 6.93. The van der Waals surface area contributed by atoms with Crippen LogP contribution in [0.2, 0.25) is 0 Å². The number of aryl methyl sites for hydroxylation is 3. The second-order valence-corrected chi connectivity index (χ2v) is 9.00. The molecule has 0 amide bonds. The molecule has 30 heavy (non-hydrogen) atoms. The van der Waals surface area contributed by atoms with Gasteiger partial charge in [-0.15, -0.1) is 0 Å². The number of benzene rings is 3. The zero-order valence-electron chi connectivity index (χ0n) is 18.0. The van der Waals surface area contributed by atoms with Gasteiger partial charge in [0.15, 0.2) is 6.20 Å². The highest BCUT2D eigenvalue weighted by atomic mass is 19.1. The summed E-state index contributed by atoms with van der Waals surface area (Å²) in [5, 5.41) is 5.74. The third-order valence-electron chi connectivity index (χ3n) is 6.93. The molecule has 2 nitrogen and oxygen atoms in total. The third kappa shape index (κ3) is 2.00. The smallest absolute Gasteiger partial charge is 0.224 e. The summed E-state index contributed by atoms with van der Waals surface area (Å²) in [6, 6.07) is 14.4. The van der Waals surface area contributed by atoms with E-state index in [1.165, 1.54) is 38.4 Å². The molecule has 6 aromatic rings. The Labute approximate surface area is 174 Å². The molecule has 3 heterocycles. The van der Waals surface area contributed by atoms with Gasteiger partial charge in [-0.2, -0.15) is 0 Å². The Morgan fingerprint density at radius 2 is 1.73 bits per heavy atom. The summed E-state index contributed by atoms with van der Waals surface area (Å²) in [6.07, 6.45) is 2.15. The number of para-hydroxylation sites is 1. The normalized spacial score (nSPS) is 12.6. The first-order valence-corrected chi connectivity index (χ1v) is 10.6. The number of fused-ring (bicyclic) bond motifs is 5. The van der Waals surface area contributed by atoms with E-state index in [2.05, 4.69) is 80.2 Å². The largest absolute Gasteiger partial charge is 0.305 e. The van der Waals surface area contributed by atoms with Gasteiger partial charge in [-0.3, -0.25) is 0 Å². The molecule has 0 saturated carbocycles. The Morgan fingerprint density at radius 3 is 2.50 bits per heavy atom. The van der Waals surface area contributed by atoms with E-state index in [4.69, 9.17) is 0 Å². The molecule has 0 fully saturated rings. The summed E-state index contributed by atoms with van der Waals surface area (Å²) in [7, 11) is 2.11. The van der Waals surface area contributed by atoms with Crippen LogP contribution in [0.3, 0.4) is 0 Å². The molecule has 0 bridgehead atoms. The molecule has 3 aromatic heterocycles. The Bertz CT molecular complexity index is 1650. The predicted molar refractivity (Wildman–Crippen MR) is 123 cm³/mol. The summed E-state index contributed by atoms with van der Waals surface area (Å²) in [5.74, 6) is 0.225. The standard InChI is InChI=1S/C27H24FN2/c1-14(2)18-12-17-9-10-29(5)27-23-16(4)15(3)11-20-19-7-6-8-21(28)25(19)30(26(20)23)22(13-18)24(17)27/h6-14H,1-5H3/q+1. The van der Waals surface area contributed by atoms with Gasteiger partial charge in [0.2, 0.25) is 5.52 Å². The molecule has 0 aliphatic rings. The number of nitrogens with zero attached hydrogens (tertiary/aromatic N) is 2. The first-order valence-electron chi connectivity index (χ1n) is 10.6. The summed E-state index contributed by atoms with van der Waals surface area (Å²) >= 11 is 0. The number of aromatic nitrogens is 2. The van der Waals surface area contributed by atoms with Crippen molar-refractivity contribution in [2.45, 2.75) is 33.6 Å². The Balaban J connectivity index is 2.12. The van der Waals surface area contributed by atoms with E-state index in [1.807, 2.05) is 6.07 Å². The second kappa shape index (κ2) is 5.69. The van der Waals surface area contributed by atoms with Crippen molar-refractivity contribution in [2.24, 2.45) is 7.05 Å². The maximum absolute atomic E-state index is 15.3. The van der Waals surface area contributed by atoms with E-state index in [0.717, 1.165) is 21.8 Å². The fraction of sp³-hybridized carbons (Fsp3) is 0.222. The molecule has 0 radical (unpaired) electrons. The molecule has 0 aliphatic carbocycles. The van der Waals surface area contributed by atoms with Crippen molar-refractivity contribution in [1.82, 2.24) is 4.40 Å². The van der Waals surface area contributed by atoms with Crippen LogP contribution in [0.4, 0.5) is 4.39 Å². The molecule has 0 atom stereocenters. The van der Waals surface area contributed by atoms with Crippen molar-refractivity contribution in [3.63, 3.8) is 0 Å². The Morgan fingerprint density at radius 1 is 0.933 bits per heavy atom. The van der Waals surface area contributed by atoms with Crippen molar-refractivity contribution in [1.29, 1.82) is 0 Å². The average molecular weight is 396 g/mol. The predicted octanol–water partition coefficient (Wildman–Crippen LogP) is 6.69. The van der Waals surface area contributed by atoms with Gasteiger partial charge in [0.05, 0.1) is 27.3 Å². The summed E-state index contributed by atoms with van der Waals surface area (Å²) in [4.78, 5) is 0. The monoisotopic (exact) mass is 395 g/mol. The highest BCUT2D eigenvalue weighted by Crippen LogP contribution is 2.42. The van der Waals surface area contributed by atoms with Crippen molar-refractivity contribution >= 4 is 49.0 Å². The fourth-order valence-electron chi connectivity index (χ4n) is 5.26. The number of halogens is 1. The summed E-state index contributed by atoms with van der Waals surface area (Å²) in [5.41, 5.74) is 7.88. The highest BCUT2D eigenvalue weighted by Gasteiger charge is 2.26. The molecule has 0 N–H and O–H groups in total. The van der Waals surface area contributed by atoms with Gasteiger partial charge in [0, 0.05) is 16.8 Å². The lowest BCUT2D eigenvalue weighted by Gasteiger charge is -2.16. The van der Waals surface area contributed by atoms with Gasteiger partial charge >= 0.3 is 0 Å². The van der Waals surface area contributed by atoms with Crippen LogP contribution in [0.15, 0.2) is 48.7 Å². The number of rotatable bonds is 1. The van der Waals surface area contributed by atoms with Gasteiger partial charge in [0.1, 0.15) is 12.9 Å². The maximum atomic E-state index is 15.3. The molecule has 0 spiro atoms. The van der Waals surface area contributed by atoms with Crippen LogP contribution in [0.5, 0.6) is 0 Å². The van der Waals surface area contributed by atoms with Crippen LogP contribution >= 0.6 is 0 Å². The van der Waals surface area contributed by atoms with E-state index in [-0.39, 0.29) is 5.82 Å². The maximum Gasteiger partial charge on any atom is 0.224 e. The lowest BCUT2D eigenvalue weighted by molar-refractivity contribution is -0.643. The first-order chi connectivity index (χ1) is 14.4. The minimum Gasteiger partial charge on any atom is -0.305 e. The highest BCUT2D eigenvalue weighted by molar-refractivity contribution is 6.26. The van der Waals surface area contributed by atoms with Crippen LogP contribution in [0, 0.1) is 19.7 Å². The van der Waals surface area contributed by atoms with Gasteiger partial charge in [-0.05, 0) is 60.0 Å². The lowest BCUT2D eigenvalue weighted by Crippen LogP contribution is -2.29. The molecule has 0 aliphatic heterocycles. The zero-order chi connectivity index (χ0) is 20.9. The molecular formula is C27H24FN2+. The van der Waals surface area contributed by atoms with E-state index in [0.29, 0.717) is 11.4 Å².